The van der Waals surface area contributed by atoms with Gasteiger partial charge >= 0.3 is 0 Å². The number of rotatable bonds is 6. The highest BCUT2D eigenvalue weighted by molar-refractivity contribution is 6.14. The number of nitrogens with zero attached hydrogens (tertiary/aromatic N) is 3. The number of hydrogen-bond acceptors (Lipinski definition) is 4. The maximum atomic E-state index is 11.7. The first-order chi connectivity index (χ1) is 17.6. The summed E-state index contributed by atoms with van der Waals surface area (Å²) in [5, 5.41) is 0. The molecule has 1 aliphatic carbocycles. The summed E-state index contributed by atoms with van der Waals surface area (Å²) in [5.41, 5.74) is 12.0. The van der Waals surface area contributed by atoms with Crippen molar-refractivity contribution >= 4 is 28.8 Å². The van der Waals surface area contributed by atoms with Crippen LogP contribution in [0.3, 0.4) is 0 Å². The third-order valence-electron chi connectivity index (χ3n) is 7.05. The molecule has 7 heteroatoms. The van der Waals surface area contributed by atoms with Crippen LogP contribution in [0.5, 0.6) is 0 Å². The summed E-state index contributed by atoms with van der Waals surface area (Å²) in [6, 6.07) is 29.6. The summed E-state index contributed by atoms with van der Waals surface area (Å²) < 4.78 is 2.08. The average molecular weight is 494 g/mol. The molecule has 1 fully saturated rings. The molecule has 1 aliphatic rings. The van der Waals surface area contributed by atoms with E-state index in [1.165, 1.54) is 5.56 Å². The van der Waals surface area contributed by atoms with Gasteiger partial charge in [-0.15, -0.1) is 0 Å². The molecule has 178 valence electrons. The molecule has 5 aromatic rings. The first-order valence-corrected chi connectivity index (χ1v) is 12.3. The van der Waals surface area contributed by atoms with Crippen LogP contribution in [0.4, 0.5) is 0 Å². The molecule has 6 nitrogen and oxygen atoms in total. The summed E-state index contributed by atoms with van der Waals surface area (Å²) >= 11 is 6.12. The van der Waals surface area contributed by atoms with Gasteiger partial charge in [-0.05, 0) is 73.0 Å². The maximum Gasteiger partial charge on any atom is 0.248 e. The lowest BCUT2D eigenvalue weighted by atomic mass is 9.73. The van der Waals surface area contributed by atoms with E-state index in [1.807, 2.05) is 54.6 Å². The number of benzene rings is 3. The molecule has 0 unspecified atom stereocenters. The Kier molecular flexibility index (Phi) is 5.55. The Morgan fingerprint density at radius 2 is 1.64 bits per heavy atom. The summed E-state index contributed by atoms with van der Waals surface area (Å²) in [4.78, 5) is 24.7. The molecule has 2 aromatic heterocycles. The first kappa shape index (κ1) is 22.5. The molecular formula is C29H24ClN5O. The zero-order valence-electron chi connectivity index (χ0n) is 19.5. The molecule has 1 amide bonds. The van der Waals surface area contributed by atoms with Gasteiger partial charge in [-0.3, -0.25) is 9.36 Å². The molecule has 1 saturated carbocycles. The van der Waals surface area contributed by atoms with Crippen molar-refractivity contribution in [2.75, 3.05) is 0 Å². The Labute approximate surface area is 213 Å². The van der Waals surface area contributed by atoms with E-state index in [9.17, 15) is 4.79 Å². The SMILES string of the molecule is NC(=O)c1cccc(-c2ccc3nc(-c4ccccc4)n(-c4ccc(C5(NCl)CCC5)cc4)c3n2)c1. The molecule has 3 aromatic carbocycles. The Morgan fingerprint density at radius 3 is 2.31 bits per heavy atom. The van der Waals surface area contributed by atoms with Gasteiger partial charge in [0.15, 0.2) is 5.65 Å². The van der Waals surface area contributed by atoms with Crippen molar-refractivity contribution in [1.29, 1.82) is 0 Å². The van der Waals surface area contributed by atoms with Gasteiger partial charge < -0.3 is 5.73 Å². The smallest absolute Gasteiger partial charge is 0.248 e. The summed E-state index contributed by atoms with van der Waals surface area (Å²) in [5.74, 6) is 0.341. The van der Waals surface area contributed by atoms with E-state index >= 15 is 0 Å². The lowest BCUT2D eigenvalue weighted by Crippen LogP contribution is -2.43. The van der Waals surface area contributed by atoms with Crippen LogP contribution in [-0.2, 0) is 5.54 Å². The van der Waals surface area contributed by atoms with E-state index < -0.39 is 5.91 Å². The van der Waals surface area contributed by atoms with E-state index in [1.54, 1.807) is 12.1 Å². The third kappa shape index (κ3) is 3.75. The number of imidazole rings is 1. The molecule has 0 atom stereocenters. The van der Waals surface area contributed by atoms with Crippen molar-refractivity contribution < 1.29 is 4.79 Å². The van der Waals surface area contributed by atoms with Crippen molar-refractivity contribution in [3.05, 3.63) is 102 Å². The van der Waals surface area contributed by atoms with Crippen LogP contribution in [0.15, 0.2) is 91.0 Å². The molecule has 36 heavy (non-hydrogen) atoms. The molecule has 0 aliphatic heterocycles. The standard InChI is InChI=1S/C29H24ClN5O/c30-34-29(16-5-17-29)22-10-12-23(13-11-22)35-27(19-6-2-1-3-7-19)33-25-15-14-24(32-28(25)35)20-8-4-9-21(18-20)26(31)36/h1-4,6-15,18,34H,5,16-17H2,(H2,31,36). The van der Waals surface area contributed by atoms with Crippen molar-refractivity contribution in [1.82, 2.24) is 19.4 Å². The monoisotopic (exact) mass is 493 g/mol. The summed E-state index contributed by atoms with van der Waals surface area (Å²) in [6.45, 7) is 0. The zero-order chi connectivity index (χ0) is 24.7. The first-order valence-electron chi connectivity index (χ1n) is 11.9. The Bertz CT molecular complexity index is 1570. The number of hydrogen-bond donors (Lipinski definition) is 2. The fourth-order valence-electron chi connectivity index (χ4n) is 4.87. The fraction of sp³-hybridized carbons (Fsp3) is 0.138. The van der Waals surface area contributed by atoms with E-state index in [4.69, 9.17) is 27.5 Å². The molecule has 3 N–H and O–H groups in total. The quantitative estimate of drug-likeness (QED) is 0.285. The second kappa shape index (κ2) is 8.90. The zero-order valence-corrected chi connectivity index (χ0v) is 20.2. The van der Waals surface area contributed by atoms with Gasteiger partial charge in [0.05, 0.1) is 11.2 Å². The predicted molar refractivity (Wildman–Crippen MR) is 143 cm³/mol. The Hall–Kier alpha value is -4.00. The minimum Gasteiger partial charge on any atom is -0.366 e. The number of aromatic nitrogens is 3. The van der Waals surface area contributed by atoms with Gasteiger partial charge in [0.1, 0.15) is 11.3 Å². The number of nitrogens with two attached hydrogens (primary N) is 1. The number of halogens is 1. The normalized spacial score (nSPS) is 14.5. The van der Waals surface area contributed by atoms with Crippen LogP contribution in [-0.4, -0.2) is 20.4 Å². The van der Waals surface area contributed by atoms with Crippen LogP contribution < -0.4 is 10.6 Å². The van der Waals surface area contributed by atoms with Crippen LogP contribution in [0.1, 0.15) is 35.2 Å². The number of amides is 1. The number of fused-ring (bicyclic) bond motifs is 1. The Morgan fingerprint density at radius 1 is 0.889 bits per heavy atom. The minimum absolute atomic E-state index is 0.157. The summed E-state index contributed by atoms with van der Waals surface area (Å²) in [6.07, 6.45) is 3.21. The molecule has 0 spiro atoms. The van der Waals surface area contributed by atoms with E-state index in [0.717, 1.165) is 58.8 Å². The number of pyridine rings is 1. The Balaban J connectivity index is 1.52. The van der Waals surface area contributed by atoms with Crippen LogP contribution in [0.25, 0.3) is 39.5 Å². The lowest BCUT2D eigenvalue weighted by molar-refractivity contribution is 0.100. The molecule has 0 radical (unpaired) electrons. The lowest BCUT2D eigenvalue weighted by Gasteiger charge is -2.41. The maximum absolute atomic E-state index is 11.7. The van der Waals surface area contributed by atoms with Crippen LogP contribution in [0, 0.1) is 0 Å². The number of carbonyl (C=O) groups is 1. The third-order valence-corrected chi connectivity index (χ3v) is 7.41. The molecule has 2 heterocycles. The highest BCUT2D eigenvalue weighted by Crippen LogP contribution is 2.42. The average Bonchev–Trinajstić information content (AvgIpc) is 3.28. The van der Waals surface area contributed by atoms with Crippen molar-refractivity contribution in [2.45, 2.75) is 24.8 Å². The van der Waals surface area contributed by atoms with E-state index in [0.29, 0.717) is 5.56 Å². The minimum atomic E-state index is -0.468. The molecule has 6 rings (SSSR count). The van der Waals surface area contributed by atoms with Crippen LogP contribution >= 0.6 is 11.8 Å². The van der Waals surface area contributed by atoms with E-state index in [-0.39, 0.29) is 5.54 Å². The van der Waals surface area contributed by atoms with Crippen molar-refractivity contribution in [2.24, 2.45) is 5.73 Å². The van der Waals surface area contributed by atoms with Crippen molar-refractivity contribution in [3.8, 4) is 28.3 Å². The highest BCUT2D eigenvalue weighted by Gasteiger charge is 2.38. The molecular weight excluding hydrogens is 470 g/mol. The van der Waals surface area contributed by atoms with Gasteiger partial charge in [0.25, 0.3) is 0 Å². The van der Waals surface area contributed by atoms with Crippen LogP contribution in [0.2, 0.25) is 0 Å². The largest absolute Gasteiger partial charge is 0.366 e. The topological polar surface area (TPSA) is 85.8 Å². The highest BCUT2D eigenvalue weighted by atomic mass is 35.5. The number of nitrogens with one attached hydrogen (secondary N) is 1. The molecule has 0 bridgehead atoms. The van der Waals surface area contributed by atoms with Gasteiger partial charge in [0.2, 0.25) is 5.91 Å². The van der Waals surface area contributed by atoms with Gasteiger partial charge in [-0.25, -0.2) is 14.8 Å². The second-order valence-electron chi connectivity index (χ2n) is 9.20. The fourth-order valence-corrected chi connectivity index (χ4v) is 5.17. The molecule has 0 saturated heterocycles. The second-order valence-corrected chi connectivity index (χ2v) is 9.39. The van der Waals surface area contributed by atoms with Gasteiger partial charge in [0, 0.05) is 22.4 Å². The van der Waals surface area contributed by atoms with Gasteiger partial charge in [-0.1, -0.05) is 54.6 Å². The van der Waals surface area contributed by atoms with Crippen molar-refractivity contribution in [3.63, 3.8) is 0 Å². The van der Waals surface area contributed by atoms with Gasteiger partial charge in [-0.2, -0.15) is 0 Å². The van der Waals surface area contributed by atoms with E-state index in [2.05, 4.69) is 33.7 Å². The predicted octanol–water partition coefficient (Wildman–Crippen LogP) is 5.98. The number of carbonyl (C=O) groups excluding carboxylic acids is 1. The number of primary amides is 1. The summed E-state index contributed by atoms with van der Waals surface area (Å²) in [7, 11) is 0.